The molecule has 1 saturated carbocycles. The van der Waals surface area contributed by atoms with Gasteiger partial charge in [-0.1, -0.05) is 18.0 Å². The molecule has 1 heterocycles. The summed E-state index contributed by atoms with van der Waals surface area (Å²) < 4.78 is 27.2. The van der Waals surface area contributed by atoms with Crippen molar-refractivity contribution in [3.05, 3.63) is 17.3 Å². The number of halogens is 1. The van der Waals surface area contributed by atoms with Crippen LogP contribution in [-0.2, 0) is 10.0 Å². The minimum Gasteiger partial charge on any atom is -0.383 e. The van der Waals surface area contributed by atoms with Gasteiger partial charge in [-0.15, -0.1) is 0 Å². The van der Waals surface area contributed by atoms with Crippen LogP contribution in [0.2, 0.25) is 5.02 Å². The first-order valence-corrected chi connectivity index (χ1v) is 7.93. The van der Waals surface area contributed by atoms with Crippen LogP contribution in [0, 0.1) is 5.92 Å². The molecule has 0 radical (unpaired) electrons. The zero-order valence-electron chi connectivity index (χ0n) is 10.3. The molecule has 0 aromatic carbocycles. The van der Waals surface area contributed by atoms with Gasteiger partial charge in [0.25, 0.3) is 0 Å². The molecule has 0 saturated heterocycles. The molecule has 1 aliphatic rings. The summed E-state index contributed by atoms with van der Waals surface area (Å²) in [7, 11) is -3.72. The maximum Gasteiger partial charge on any atom is 0.244 e. The van der Waals surface area contributed by atoms with Crippen LogP contribution >= 0.6 is 11.6 Å². The molecule has 0 bridgehead atoms. The number of nitrogen functional groups attached to an aromatic ring is 1. The first-order chi connectivity index (χ1) is 8.94. The van der Waals surface area contributed by atoms with E-state index >= 15 is 0 Å². The van der Waals surface area contributed by atoms with Crippen LogP contribution in [0.5, 0.6) is 0 Å². The fraction of sp³-hybridized carbons (Fsp3) is 0.545. The number of rotatable bonds is 4. The number of aromatic nitrogens is 1. The monoisotopic (exact) mass is 304 g/mol. The first-order valence-electron chi connectivity index (χ1n) is 6.07. The lowest BCUT2D eigenvalue weighted by molar-refractivity contribution is 0.453. The molecule has 1 aromatic heterocycles. The van der Waals surface area contributed by atoms with E-state index in [2.05, 4.69) is 9.71 Å². The maximum atomic E-state index is 12.3. The van der Waals surface area contributed by atoms with Gasteiger partial charge in [-0.3, -0.25) is 0 Å². The Labute approximate surface area is 117 Å². The second kappa shape index (κ2) is 5.62. The lowest BCUT2D eigenvalue weighted by Crippen LogP contribution is -2.40. The van der Waals surface area contributed by atoms with Gasteiger partial charge in [-0.25, -0.2) is 18.1 Å². The van der Waals surface area contributed by atoms with Gasteiger partial charge in [0, 0.05) is 12.2 Å². The number of hydrogen-bond acceptors (Lipinski definition) is 5. The molecule has 106 valence electrons. The van der Waals surface area contributed by atoms with Gasteiger partial charge in [0.2, 0.25) is 10.0 Å². The van der Waals surface area contributed by atoms with Crippen molar-refractivity contribution >= 4 is 27.4 Å². The summed E-state index contributed by atoms with van der Waals surface area (Å²) >= 11 is 5.77. The third kappa shape index (κ3) is 3.17. The summed E-state index contributed by atoms with van der Waals surface area (Å²) in [6.45, 7) is 0.469. The molecule has 0 spiro atoms. The quantitative estimate of drug-likeness (QED) is 0.759. The fourth-order valence-corrected chi connectivity index (χ4v) is 4.05. The van der Waals surface area contributed by atoms with Gasteiger partial charge in [0.15, 0.2) is 0 Å². The molecule has 5 N–H and O–H groups in total. The zero-order valence-corrected chi connectivity index (χ0v) is 11.9. The summed E-state index contributed by atoms with van der Waals surface area (Å²) in [5.41, 5.74) is 11.2. The zero-order chi connectivity index (χ0) is 14.0. The highest BCUT2D eigenvalue weighted by atomic mass is 35.5. The van der Waals surface area contributed by atoms with E-state index in [1.165, 1.54) is 12.3 Å². The molecule has 1 aliphatic carbocycles. The van der Waals surface area contributed by atoms with E-state index in [1.54, 1.807) is 0 Å². The van der Waals surface area contributed by atoms with Crippen LogP contribution < -0.4 is 16.2 Å². The summed E-state index contributed by atoms with van der Waals surface area (Å²) in [5, 5.41) is 0.233. The number of nitrogens with zero attached hydrogens (tertiary/aromatic N) is 1. The van der Waals surface area contributed by atoms with E-state index in [4.69, 9.17) is 23.1 Å². The molecule has 2 rings (SSSR count). The number of anilines is 1. The van der Waals surface area contributed by atoms with Gasteiger partial charge in [-0.2, -0.15) is 0 Å². The average molecular weight is 305 g/mol. The number of pyridine rings is 1. The molecular formula is C11H17ClN4O2S. The molecule has 2 atom stereocenters. The van der Waals surface area contributed by atoms with E-state index < -0.39 is 10.0 Å². The molecule has 0 amide bonds. The van der Waals surface area contributed by atoms with Crippen molar-refractivity contribution in [1.82, 2.24) is 9.71 Å². The second-order valence-electron chi connectivity index (χ2n) is 4.69. The van der Waals surface area contributed by atoms with Crippen LogP contribution in [-0.4, -0.2) is 26.0 Å². The normalized spacial score (nSPS) is 23.7. The Balaban J connectivity index is 2.25. The lowest BCUT2D eigenvalue weighted by Gasteiger charge is -2.19. The Kier molecular flexibility index (Phi) is 4.29. The van der Waals surface area contributed by atoms with E-state index in [-0.39, 0.29) is 27.7 Å². The van der Waals surface area contributed by atoms with Gasteiger partial charge < -0.3 is 11.5 Å². The van der Waals surface area contributed by atoms with Crippen LogP contribution in [0.1, 0.15) is 19.3 Å². The van der Waals surface area contributed by atoms with Crippen LogP contribution in [0.3, 0.4) is 0 Å². The topological polar surface area (TPSA) is 111 Å². The number of sulfonamides is 1. The third-order valence-corrected chi connectivity index (χ3v) is 5.13. The Morgan fingerprint density at radius 1 is 1.47 bits per heavy atom. The largest absolute Gasteiger partial charge is 0.383 e. The van der Waals surface area contributed by atoms with Crippen molar-refractivity contribution in [3.63, 3.8) is 0 Å². The average Bonchev–Trinajstić information content (AvgIpc) is 2.78. The highest BCUT2D eigenvalue weighted by Crippen LogP contribution is 2.27. The molecule has 2 unspecified atom stereocenters. The van der Waals surface area contributed by atoms with E-state index in [1.807, 2.05) is 0 Å². The Morgan fingerprint density at radius 2 is 2.21 bits per heavy atom. The van der Waals surface area contributed by atoms with Gasteiger partial charge in [-0.05, 0) is 31.4 Å². The molecule has 19 heavy (non-hydrogen) atoms. The Morgan fingerprint density at radius 3 is 2.89 bits per heavy atom. The fourth-order valence-electron chi connectivity index (χ4n) is 2.38. The summed E-state index contributed by atoms with van der Waals surface area (Å²) in [5.74, 6) is 0.113. The predicted octanol–water partition coefficient (Wildman–Crippen LogP) is 0.723. The number of nitrogens with one attached hydrogen (secondary N) is 1. The standard InChI is InChI=1S/C11H17ClN4O2S/c12-8-4-10(11(14)15-6-8)19(17,18)16-9-3-1-2-7(9)5-13/h4,6-7,9,16H,1-3,5,13H2,(H2,14,15). The molecule has 6 nitrogen and oxygen atoms in total. The van der Waals surface area contributed by atoms with Crippen molar-refractivity contribution < 1.29 is 8.42 Å². The highest BCUT2D eigenvalue weighted by molar-refractivity contribution is 7.89. The van der Waals surface area contributed by atoms with Crippen LogP contribution in [0.4, 0.5) is 5.82 Å². The first kappa shape index (κ1) is 14.5. The minimum atomic E-state index is -3.72. The number of hydrogen-bond donors (Lipinski definition) is 3. The molecule has 1 aromatic rings. The molecule has 0 aliphatic heterocycles. The SMILES string of the molecule is NCC1CCCC1NS(=O)(=O)c1cc(Cl)cnc1N. The van der Waals surface area contributed by atoms with E-state index in [9.17, 15) is 8.42 Å². The molecule has 1 fully saturated rings. The molecule has 8 heteroatoms. The van der Waals surface area contributed by atoms with Crippen molar-refractivity contribution in [2.75, 3.05) is 12.3 Å². The van der Waals surface area contributed by atoms with Gasteiger partial charge in [0.1, 0.15) is 10.7 Å². The van der Waals surface area contributed by atoms with Crippen molar-refractivity contribution in [3.8, 4) is 0 Å². The van der Waals surface area contributed by atoms with E-state index in [0.29, 0.717) is 6.54 Å². The Hall–Kier alpha value is -0.890. The summed E-state index contributed by atoms with van der Waals surface area (Å²) in [4.78, 5) is 3.68. The lowest BCUT2D eigenvalue weighted by atomic mass is 10.1. The predicted molar refractivity (Wildman–Crippen MR) is 74.2 cm³/mol. The van der Waals surface area contributed by atoms with Crippen molar-refractivity contribution in [2.24, 2.45) is 11.7 Å². The highest BCUT2D eigenvalue weighted by Gasteiger charge is 2.31. The molecular weight excluding hydrogens is 288 g/mol. The van der Waals surface area contributed by atoms with Gasteiger partial charge in [0.05, 0.1) is 5.02 Å². The number of nitrogens with two attached hydrogens (primary N) is 2. The smallest absolute Gasteiger partial charge is 0.244 e. The minimum absolute atomic E-state index is 0.0563. The van der Waals surface area contributed by atoms with Gasteiger partial charge >= 0.3 is 0 Å². The maximum absolute atomic E-state index is 12.3. The summed E-state index contributed by atoms with van der Waals surface area (Å²) in [6, 6.07) is 1.16. The van der Waals surface area contributed by atoms with Crippen molar-refractivity contribution in [1.29, 1.82) is 0 Å². The Bertz CT molecular complexity index is 564. The van der Waals surface area contributed by atoms with Crippen LogP contribution in [0.15, 0.2) is 17.2 Å². The second-order valence-corrected chi connectivity index (χ2v) is 6.81. The summed E-state index contributed by atoms with van der Waals surface area (Å²) in [6.07, 6.45) is 4.01. The van der Waals surface area contributed by atoms with Crippen LogP contribution in [0.25, 0.3) is 0 Å². The van der Waals surface area contributed by atoms with E-state index in [0.717, 1.165) is 19.3 Å². The van der Waals surface area contributed by atoms with Crippen molar-refractivity contribution in [2.45, 2.75) is 30.2 Å². The third-order valence-electron chi connectivity index (χ3n) is 3.41.